The van der Waals surface area contributed by atoms with Crippen molar-refractivity contribution >= 4 is 22.7 Å². The molecular weight excluding hydrogens is 442 g/mol. The molecule has 0 aliphatic heterocycles. The highest BCUT2D eigenvalue weighted by molar-refractivity contribution is 5.90. The van der Waals surface area contributed by atoms with Crippen LogP contribution >= 0.6 is 0 Å². The van der Waals surface area contributed by atoms with E-state index in [2.05, 4.69) is 88.3 Å². The Bertz CT molecular complexity index is 1190. The number of hydrogen-bond acceptors (Lipinski definition) is 5. The van der Waals surface area contributed by atoms with Crippen LogP contribution in [0.2, 0.25) is 0 Å². The largest absolute Gasteiger partial charge is 0.362 e. The first-order valence-electron chi connectivity index (χ1n) is 13.2. The van der Waals surface area contributed by atoms with Crippen LogP contribution in [0.15, 0.2) is 84.9 Å². The van der Waals surface area contributed by atoms with Crippen molar-refractivity contribution < 1.29 is 0 Å². The van der Waals surface area contributed by atoms with Gasteiger partial charge in [-0.15, -0.1) is 0 Å². The zero-order valence-electron chi connectivity index (χ0n) is 21.4. The number of nitrogens with one attached hydrogen (secondary N) is 2. The minimum atomic E-state index is 0.417. The summed E-state index contributed by atoms with van der Waals surface area (Å²) >= 11 is 0. The lowest BCUT2D eigenvalue weighted by atomic mass is 9.88. The highest BCUT2D eigenvalue weighted by atomic mass is 15.2. The molecule has 5 rings (SSSR count). The van der Waals surface area contributed by atoms with Gasteiger partial charge < -0.3 is 15.5 Å². The zero-order valence-corrected chi connectivity index (χ0v) is 21.4. The minimum Gasteiger partial charge on any atom is -0.362 e. The average Bonchev–Trinajstić information content (AvgIpc) is 2.92. The van der Waals surface area contributed by atoms with Gasteiger partial charge in [0.25, 0.3) is 0 Å². The Morgan fingerprint density at radius 1 is 0.750 bits per heavy atom. The molecule has 1 heterocycles. The van der Waals surface area contributed by atoms with Gasteiger partial charge in [-0.3, -0.25) is 0 Å². The van der Waals surface area contributed by atoms with Crippen LogP contribution in [0.5, 0.6) is 0 Å². The first-order chi connectivity index (χ1) is 17.7. The fraction of sp³-hybridized carbons (Fsp3) is 0.355. The van der Waals surface area contributed by atoms with Crippen LogP contribution in [0, 0.1) is 0 Å². The molecule has 0 amide bonds. The van der Waals surface area contributed by atoms with Crippen LogP contribution in [0.25, 0.3) is 10.9 Å². The Kier molecular flexibility index (Phi) is 7.77. The molecule has 1 aliphatic carbocycles. The lowest BCUT2D eigenvalue weighted by molar-refractivity contribution is 0.350. The molecule has 0 unspecified atom stereocenters. The quantitative estimate of drug-likeness (QED) is 0.298. The molecule has 0 spiro atoms. The molecule has 4 aromatic rings. The maximum atomic E-state index is 4.83. The van der Waals surface area contributed by atoms with Crippen LogP contribution in [0.3, 0.4) is 0 Å². The van der Waals surface area contributed by atoms with Crippen molar-refractivity contribution in [1.29, 1.82) is 0 Å². The van der Waals surface area contributed by atoms with Crippen LogP contribution in [0.4, 0.5) is 11.8 Å². The topological polar surface area (TPSA) is 53.1 Å². The van der Waals surface area contributed by atoms with E-state index in [1.165, 1.54) is 24.0 Å². The van der Waals surface area contributed by atoms with Crippen molar-refractivity contribution in [1.82, 2.24) is 15.3 Å². The molecule has 3 aromatic carbocycles. The summed E-state index contributed by atoms with van der Waals surface area (Å²) in [4.78, 5) is 11.7. The van der Waals surface area contributed by atoms with E-state index >= 15 is 0 Å². The lowest BCUT2D eigenvalue weighted by Gasteiger charge is -2.30. The van der Waals surface area contributed by atoms with E-state index in [-0.39, 0.29) is 0 Å². The average molecular weight is 480 g/mol. The molecule has 186 valence electrons. The van der Waals surface area contributed by atoms with E-state index in [9.17, 15) is 0 Å². The molecule has 5 heteroatoms. The monoisotopic (exact) mass is 479 g/mol. The van der Waals surface area contributed by atoms with Crippen LogP contribution < -0.4 is 15.5 Å². The summed E-state index contributed by atoms with van der Waals surface area (Å²) < 4.78 is 0. The first-order valence-corrected chi connectivity index (χ1v) is 13.2. The number of hydrogen-bond donors (Lipinski definition) is 2. The fourth-order valence-corrected chi connectivity index (χ4v) is 5.42. The van der Waals surface area contributed by atoms with E-state index < -0.39 is 0 Å². The number of anilines is 2. The number of benzene rings is 3. The molecule has 5 nitrogen and oxygen atoms in total. The predicted octanol–water partition coefficient (Wildman–Crippen LogP) is 6.23. The second kappa shape index (κ2) is 11.5. The van der Waals surface area contributed by atoms with E-state index in [1.807, 2.05) is 26.2 Å². The second-order valence-corrected chi connectivity index (χ2v) is 10.1. The van der Waals surface area contributed by atoms with Crippen LogP contribution in [-0.2, 0) is 0 Å². The van der Waals surface area contributed by atoms with Crippen molar-refractivity contribution in [3.8, 4) is 0 Å². The van der Waals surface area contributed by atoms with Crippen LogP contribution in [0.1, 0.15) is 49.1 Å². The molecule has 2 N–H and O–H groups in total. The summed E-state index contributed by atoms with van der Waals surface area (Å²) in [5.41, 5.74) is 3.78. The molecule has 1 saturated carbocycles. The van der Waals surface area contributed by atoms with Gasteiger partial charge in [-0.2, -0.15) is 4.98 Å². The van der Waals surface area contributed by atoms with Crippen molar-refractivity contribution in [2.45, 2.75) is 50.1 Å². The predicted molar refractivity (Wildman–Crippen MR) is 151 cm³/mol. The number of nitrogens with zero attached hydrogens (tertiary/aromatic N) is 3. The summed E-state index contributed by atoms with van der Waals surface area (Å²) in [7, 11) is 4.07. The van der Waals surface area contributed by atoms with Crippen molar-refractivity contribution in [2.75, 3.05) is 30.9 Å². The van der Waals surface area contributed by atoms with Gasteiger partial charge in [0.15, 0.2) is 0 Å². The maximum absolute atomic E-state index is 4.83. The molecule has 0 radical (unpaired) electrons. The van der Waals surface area contributed by atoms with Crippen molar-refractivity contribution in [3.05, 3.63) is 96.1 Å². The fourth-order valence-electron chi connectivity index (χ4n) is 5.42. The Hall–Kier alpha value is -3.44. The number of para-hydroxylation sites is 1. The SMILES string of the molecule is CN(C)c1nc(N[C@H]2CC[C@@H](NCCC(c3ccccc3)c3ccccc3)CC2)nc2ccccc12. The highest BCUT2D eigenvalue weighted by Gasteiger charge is 2.23. The molecule has 0 atom stereocenters. The Balaban J connectivity index is 1.15. The Morgan fingerprint density at radius 2 is 1.33 bits per heavy atom. The smallest absolute Gasteiger partial charge is 0.225 e. The standard InChI is InChI=1S/C31H37N5/c1-36(2)30-28-15-9-10-16-29(28)34-31(35-30)33-26-19-17-25(18-20-26)32-22-21-27(23-11-5-3-6-12-23)24-13-7-4-8-14-24/h3-16,25-27,32H,17-22H2,1-2H3,(H,33,34,35)/t25-,26+. The molecule has 1 fully saturated rings. The summed E-state index contributed by atoms with van der Waals surface area (Å²) in [5.74, 6) is 2.13. The summed E-state index contributed by atoms with van der Waals surface area (Å²) in [6.45, 7) is 1.02. The minimum absolute atomic E-state index is 0.417. The maximum Gasteiger partial charge on any atom is 0.225 e. The molecular formula is C31H37N5. The molecule has 1 aliphatic rings. The summed E-state index contributed by atoms with van der Waals surface area (Å²) in [6.07, 6.45) is 5.71. The number of aromatic nitrogens is 2. The normalized spacial score (nSPS) is 17.9. The zero-order chi connectivity index (χ0) is 24.7. The third-order valence-electron chi connectivity index (χ3n) is 7.34. The summed E-state index contributed by atoms with van der Waals surface area (Å²) in [5, 5.41) is 8.58. The van der Waals surface area contributed by atoms with Gasteiger partial charge in [-0.25, -0.2) is 4.98 Å². The van der Waals surface area contributed by atoms with Gasteiger partial charge in [0.2, 0.25) is 5.95 Å². The first kappa shape index (κ1) is 24.3. The van der Waals surface area contributed by atoms with Gasteiger partial charge in [0.1, 0.15) is 5.82 Å². The van der Waals surface area contributed by atoms with E-state index in [1.54, 1.807) is 0 Å². The van der Waals surface area contributed by atoms with Gasteiger partial charge >= 0.3 is 0 Å². The van der Waals surface area contributed by atoms with Crippen molar-refractivity contribution in [3.63, 3.8) is 0 Å². The molecule has 1 aromatic heterocycles. The van der Waals surface area contributed by atoms with Gasteiger partial charge in [-0.1, -0.05) is 72.8 Å². The van der Waals surface area contributed by atoms with Gasteiger partial charge in [0.05, 0.1) is 5.52 Å². The van der Waals surface area contributed by atoms with E-state index in [0.717, 1.165) is 48.5 Å². The third-order valence-corrected chi connectivity index (χ3v) is 7.34. The lowest BCUT2D eigenvalue weighted by Crippen LogP contribution is -2.38. The second-order valence-electron chi connectivity index (χ2n) is 10.1. The van der Waals surface area contributed by atoms with E-state index in [0.29, 0.717) is 18.0 Å². The van der Waals surface area contributed by atoms with E-state index in [4.69, 9.17) is 9.97 Å². The number of rotatable bonds is 9. The molecule has 0 bridgehead atoms. The highest BCUT2D eigenvalue weighted by Crippen LogP contribution is 2.29. The molecule has 36 heavy (non-hydrogen) atoms. The van der Waals surface area contributed by atoms with Crippen molar-refractivity contribution in [2.24, 2.45) is 0 Å². The Morgan fingerprint density at radius 3 is 1.97 bits per heavy atom. The van der Waals surface area contributed by atoms with Crippen LogP contribution in [-0.4, -0.2) is 42.7 Å². The summed E-state index contributed by atoms with van der Waals surface area (Å²) in [6, 6.07) is 31.0. The number of fused-ring (bicyclic) bond motifs is 1. The van der Waals surface area contributed by atoms with Gasteiger partial charge in [-0.05, 0) is 61.9 Å². The third kappa shape index (κ3) is 5.85. The van der Waals surface area contributed by atoms with Gasteiger partial charge in [0, 0.05) is 37.5 Å². The Labute approximate surface area is 215 Å². The molecule has 0 saturated heterocycles.